The Hall–Kier alpha value is -4.31. The normalized spacial score (nSPS) is 11.4. The van der Waals surface area contributed by atoms with Crippen molar-refractivity contribution in [2.24, 2.45) is 7.05 Å². The number of aryl methyl sites for hydroxylation is 2. The number of nitrogens with zero attached hydrogens (tertiary/aromatic N) is 7. The Kier molecular flexibility index (Phi) is 6.58. The van der Waals surface area contributed by atoms with Crippen LogP contribution in [0.25, 0.3) is 33.8 Å². The summed E-state index contributed by atoms with van der Waals surface area (Å²) in [5.74, 6) is 0.610. The van der Waals surface area contributed by atoms with Gasteiger partial charge in [0, 0.05) is 63.3 Å². The number of amides is 1. The van der Waals surface area contributed by atoms with Gasteiger partial charge in [-0.1, -0.05) is 6.07 Å². The number of nitrogens with one attached hydrogen (secondary N) is 1. The highest BCUT2D eigenvalue weighted by atomic mass is 16.5. The van der Waals surface area contributed by atoms with Crippen molar-refractivity contribution in [2.75, 3.05) is 14.2 Å². The number of methoxy groups -OCH3 is 1. The number of fused-ring (bicyclic) bond motifs is 1. The maximum absolute atomic E-state index is 13.9. The molecule has 0 atom stereocenters. The van der Waals surface area contributed by atoms with E-state index in [0.29, 0.717) is 41.4 Å². The van der Waals surface area contributed by atoms with Gasteiger partial charge in [-0.2, -0.15) is 10.2 Å². The molecule has 0 aliphatic heterocycles. The van der Waals surface area contributed by atoms with Crippen LogP contribution in [0.15, 0.2) is 48.9 Å². The summed E-state index contributed by atoms with van der Waals surface area (Å²) in [5, 5.41) is 9.87. The van der Waals surface area contributed by atoms with Crippen LogP contribution in [0.1, 0.15) is 34.1 Å². The number of H-pyrrole nitrogens is 1. The van der Waals surface area contributed by atoms with Gasteiger partial charge in [-0.05, 0) is 43.7 Å². The molecule has 0 radical (unpaired) electrons. The summed E-state index contributed by atoms with van der Waals surface area (Å²) in [7, 11) is 5.33. The first-order valence-electron chi connectivity index (χ1n) is 12.1. The number of aromatic amines is 1. The first-order chi connectivity index (χ1) is 17.9. The highest BCUT2D eigenvalue weighted by molar-refractivity contribution is 6.07. The lowest BCUT2D eigenvalue weighted by Gasteiger charge is -2.19. The van der Waals surface area contributed by atoms with Gasteiger partial charge in [-0.3, -0.25) is 14.2 Å². The molecule has 0 spiro atoms. The average Bonchev–Trinajstić information content (AvgIpc) is 3.64. The number of pyridine rings is 1. The predicted molar refractivity (Wildman–Crippen MR) is 141 cm³/mol. The summed E-state index contributed by atoms with van der Waals surface area (Å²) in [6.45, 7) is 5.76. The van der Waals surface area contributed by atoms with E-state index in [1.54, 1.807) is 29.1 Å². The number of rotatable bonds is 8. The molecule has 0 saturated carbocycles. The number of carbonyl (C=O) groups excluding carboxylic acids is 1. The Balaban J connectivity index is 1.58. The molecule has 5 aromatic rings. The van der Waals surface area contributed by atoms with Gasteiger partial charge in [0.1, 0.15) is 11.4 Å². The summed E-state index contributed by atoms with van der Waals surface area (Å²) < 4.78 is 9.01. The number of aromatic nitrogens is 7. The molecule has 1 amide bonds. The maximum Gasteiger partial charge on any atom is 0.254 e. The van der Waals surface area contributed by atoms with Crippen molar-refractivity contribution in [3.63, 3.8) is 0 Å². The molecular weight excluding hydrogens is 468 g/mol. The second-order valence-corrected chi connectivity index (χ2v) is 9.05. The molecule has 0 fully saturated rings. The fraction of sp³-hybridized carbons (Fsp3) is 0.296. The van der Waals surface area contributed by atoms with Gasteiger partial charge in [0.2, 0.25) is 0 Å². The zero-order chi connectivity index (χ0) is 26.1. The highest BCUT2D eigenvalue weighted by Gasteiger charge is 2.21. The van der Waals surface area contributed by atoms with Crippen molar-refractivity contribution >= 4 is 16.8 Å². The molecular formula is C27H30N8O2. The van der Waals surface area contributed by atoms with E-state index < -0.39 is 0 Å². The zero-order valence-corrected chi connectivity index (χ0v) is 21.7. The van der Waals surface area contributed by atoms with E-state index in [4.69, 9.17) is 9.72 Å². The smallest absolute Gasteiger partial charge is 0.254 e. The lowest BCUT2D eigenvalue weighted by molar-refractivity contribution is 0.0787. The van der Waals surface area contributed by atoms with Crippen LogP contribution in [0.2, 0.25) is 0 Å². The fourth-order valence-corrected chi connectivity index (χ4v) is 4.55. The van der Waals surface area contributed by atoms with Crippen LogP contribution >= 0.6 is 0 Å². The van der Waals surface area contributed by atoms with Gasteiger partial charge in [-0.25, -0.2) is 9.97 Å². The molecule has 0 saturated heterocycles. The molecule has 0 unspecified atom stereocenters. The maximum atomic E-state index is 13.9. The topological polar surface area (TPSA) is 107 Å². The summed E-state index contributed by atoms with van der Waals surface area (Å²) >= 11 is 0. The van der Waals surface area contributed by atoms with E-state index in [1.807, 2.05) is 62.2 Å². The molecule has 1 N–H and O–H groups in total. The third-order valence-corrected chi connectivity index (χ3v) is 6.56. The molecule has 190 valence electrons. The zero-order valence-electron chi connectivity index (χ0n) is 21.7. The van der Waals surface area contributed by atoms with Crippen LogP contribution in [-0.2, 0) is 31.5 Å². The Labute approximate surface area is 214 Å². The highest BCUT2D eigenvalue weighted by Crippen LogP contribution is 2.29. The Morgan fingerprint density at radius 3 is 2.73 bits per heavy atom. The molecule has 37 heavy (non-hydrogen) atoms. The molecule has 1 aromatic carbocycles. The molecule has 0 aliphatic carbocycles. The van der Waals surface area contributed by atoms with Crippen molar-refractivity contribution in [2.45, 2.75) is 33.5 Å². The summed E-state index contributed by atoms with van der Waals surface area (Å²) in [6.07, 6.45) is 5.30. The van der Waals surface area contributed by atoms with E-state index in [9.17, 15) is 4.79 Å². The fourth-order valence-electron chi connectivity index (χ4n) is 4.55. The van der Waals surface area contributed by atoms with E-state index in [-0.39, 0.29) is 5.91 Å². The van der Waals surface area contributed by atoms with Gasteiger partial charge >= 0.3 is 0 Å². The molecule has 0 bridgehead atoms. The van der Waals surface area contributed by atoms with Crippen molar-refractivity contribution in [3.8, 4) is 22.9 Å². The molecule has 4 aromatic heterocycles. The van der Waals surface area contributed by atoms with Crippen LogP contribution in [0, 0.1) is 6.92 Å². The van der Waals surface area contributed by atoms with Crippen LogP contribution < -0.4 is 0 Å². The first kappa shape index (κ1) is 24.4. The molecule has 5 rings (SSSR count). The second-order valence-electron chi connectivity index (χ2n) is 9.05. The predicted octanol–water partition coefficient (Wildman–Crippen LogP) is 3.97. The third-order valence-electron chi connectivity index (χ3n) is 6.56. The SMILES string of the molecule is CCn1ncc(CN(C)C(=O)c2cc(-c3cc(-c4ncc[nH]4)n(C)n3)nc3ccc(COC)cc23)c1C. The van der Waals surface area contributed by atoms with Crippen molar-refractivity contribution < 1.29 is 9.53 Å². The largest absolute Gasteiger partial charge is 0.380 e. The minimum Gasteiger partial charge on any atom is -0.380 e. The van der Waals surface area contributed by atoms with Crippen molar-refractivity contribution in [3.05, 3.63) is 71.3 Å². The van der Waals surface area contributed by atoms with Crippen LogP contribution in [0.5, 0.6) is 0 Å². The van der Waals surface area contributed by atoms with Gasteiger partial charge in [-0.15, -0.1) is 0 Å². The van der Waals surface area contributed by atoms with Gasteiger partial charge in [0.15, 0.2) is 5.82 Å². The number of hydrogen-bond donors (Lipinski definition) is 1. The molecule has 4 heterocycles. The number of benzene rings is 1. The Bertz CT molecular complexity index is 1570. The van der Waals surface area contributed by atoms with Crippen molar-refractivity contribution in [1.29, 1.82) is 0 Å². The van der Waals surface area contributed by atoms with Gasteiger partial charge < -0.3 is 14.6 Å². The monoisotopic (exact) mass is 498 g/mol. The van der Waals surface area contributed by atoms with E-state index >= 15 is 0 Å². The number of carbonyl (C=O) groups is 1. The lowest BCUT2D eigenvalue weighted by atomic mass is 10.0. The quantitative estimate of drug-likeness (QED) is 0.347. The lowest BCUT2D eigenvalue weighted by Crippen LogP contribution is -2.27. The summed E-state index contributed by atoms with van der Waals surface area (Å²) in [4.78, 5) is 27.9. The number of imidazole rings is 1. The van der Waals surface area contributed by atoms with Crippen LogP contribution in [0.4, 0.5) is 0 Å². The standard InChI is InChI=1S/C27H30N8O2/c1-6-35-17(2)19(14-30-35)15-33(3)27(36)21-12-23(31-22-8-7-18(16-37-5)11-20(21)22)24-13-25(34(4)32-24)26-28-9-10-29-26/h7-14H,6,15-16H2,1-5H3,(H,28,29). The van der Waals surface area contributed by atoms with Crippen LogP contribution in [-0.4, -0.2) is 59.5 Å². The summed E-state index contributed by atoms with van der Waals surface area (Å²) in [5.41, 5.74) is 6.43. The number of hydrogen-bond acceptors (Lipinski definition) is 6. The third kappa shape index (κ3) is 4.63. The minimum atomic E-state index is -0.103. The first-order valence-corrected chi connectivity index (χ1v) is 12.1. The average molecular weight is 499 g/mol. The Morgan fingerprint density at radius 2 is 2.03 bits per heavy atom. The second kappa shape index (κ2) is 9.98. The number of ether oxygens (including phenoxy) is 1. The molecule has 10 heteroatoms. The van der Waals surface area contributed by atoms with Gasteiger partial charge in [0.25, 0.3) is 5.91 Å². The van der Waals surface area contributed by atoms with Crippen molar-refractivity contribution in [1.82, 2.24) is 39.4 Å². The van der Waals surface area contributed by atoms with Gasteiger partial charge in [0.05, 0.1) is 29.6 Å². The Morgan fingerprint density at radius 1 is 1.19 bits per heavy atom. The molecule has 0 aliphatic rings. The van der Waals surface area contributed by atoms with Crippen LogP contribution in [0.3, 0.4) is 0 Å². The van der Waals surface area contributed by atoms with E-state index in [2.05, 4.69) is 27.1 Å². The van der Waals surface area contributed by atoms with E-state index in [1.165, 1.54) is 0 Å². The summed E-state index contributed by atoms with van der Waals surface area (Å²) in [6, 6.07) is 9.62. The molecule has 10 nitrogen and oxygen atoms in total. The van der Waals surface area contributed by atoms with E-state index in [0.717, 1.165) is 34.4 Å². The minimum absolute atomic E-state index is 0.103.